The fourth-order valence-corrected chi connectivity index (χ4v) is 9.90. The van der Waals surface area contributed by atoms with Gasteiger partial charge in [0.05, 0.1) is 22.3 Å². The van der Waals surface area contributed by atoms with Crippen molar-refractivity contribution in [1.82, 2.24) is 0 Å². The number of amides is 2. The highest BCUT2D eigenvalue weighted by Crippen LogP contribution is 2.41. The number of ketones is 1. The number of hydrogen-bond acceptors (Lipinski definition) is 9. The van der Waals surface area contributed by atoms with Gasteiger partial charge in [-0.15, -0.1) is 0 Å². The van der Waals surface area contributed by atoms with Gasteiger partial charge in [-0.3, -0.25) is 14.4 Å². The number of nitrogens with one attached hydrogen (secondary N) is 2. The molecule has 0 saturated heterocycles. The smallest absolute Gasteiger partial charge is 0.336 e. The Kier molecular flexibility index (Phi) is 11.3. The number of carboxylic acid groups (broad SMARTS) is 2. The van der Waals surface area contributed by atoms with Gasteiger partial charge >= 0.3 is 11.9 Å². The molecule has 8 N–H and O–H groups in total. The number of nitrogens with two attached hydrogens (primary N) is 2. The summed E-state index contributed by atoms with van der Waals surface area (Å²) in [4.78, 5) is 65.5. The van der Waals surface area contributed by atoms with E-state index in [1.165, 1.54) is 36.4 Å². The molecule has 13 nitrogen and oxygen atoms in total. The van der Waals surface area contributed by atoms with Gasteiger partial charge in [-0.25, -0.2) is 9.59 Å². The molecular formula is C43H36N4O9P2. The van der Waals surface area contributed by atoms with Crippen LogP contribution in [0, 0.1) is 0 Å². The van der Waals surface area contributed by atoms with Crippen molar-refractivity contribution in [3.63, 3.8) is 0 Å². The fraction of sp³-hybridized carbons (Fsp3) is 0.0465. The summed E-state index contributed by atoms with van der Waals surface area (Å²) in [6.07, 6.45) is 0. The molecule has 58 heavy (non-hydrogen) atoms. The summed E-state index contributed by atoms with van der Waals surface area (Å²) < 4.78 is 27.7. The van der Waals surface area contributed by atoms with E-state index in [2.05, 4.69) is 10.6 Å². The number of aromatic carboxylic acids is 2. The molecule has 0 bridgehead atoms. The molecule has 6 aromatic carbocycles. The van der Waals surface area contributed by atoms with Crippen molar-refractivity contribution in [2.45, 2.75) is 0 Å². The van der Waals surface area contributed by atoms with Crippen LogP contribution >= 0.6 is 14.3 Å². The zero-order chi connectivity index (χ0) is 41.9. The third kappa shape index (κ3) is 8.51. The van der Waals surface area contributed by atoms with Crippen molar-refractivity contribution >= 4 is 87.8 Å². The Morgan fingerprint density at radius 2 is 0.810 bits per heavy atom. The Labute approximate surface area is 332 Å². The number of benzene rings is 6. The number of nitrogen functional groups attached to an aromatic ring is 2. The molecule has 0 aliphatic rings. The minimum atomic E-state index is -3.16. The second-order valence-corrected chi connectivity index (χ2v) is 19.3. The number of rotatable bonds is 12. The maximum atomic E-state index is 13.9. The number of hydrogen-bond donors (Lipinski definition) is 6. The standard InChI is InChI=1S/C43H36N4O9P2/c1-57(55,31-11-3-7-27(44)21-31)33-13-5-9-29(23-33)46-40(49)37-19-25(15-17-35(37)42(51)52)39(48)26-16-18-36(43(53)54)38(20-26)41(50)47-30-10-6-14-34(24-30)58(2,56)32-12-4-8-28(45)22-32/h3-24H,44-45H2,1-2H3,(H,46,49)(H,47,50)(H,51,52)(H,53,54). The maximum absolute atomic E-state index is 13.9. The lowest BCUT2D eigenvalue weighted by Gasteiger charge is -2.16. The quantitative estimate of drug-likeness (QED) is 0.0485. The Morgan fingerprint density at radius 1 is 0.466 bits per heavy atom. The molecule has 0 aromatic heterocycles. The summed E-state index contributed by atoms with van der Waals surface area (Å²) in [6.45, 7) is 3.12. The molecule has 0 aliphatic carbocycles. The molecule has 6 rings (SSSR count). The molecule has 6 aromatic rings. The van der Waals surface area contributed by atoms with Crippen LogP contribution in [-0.4, -0.2) is 53.1 Å². The lowest BCUT2D eigenvalue weighted by Crippen LogP contribution is -2.20. The van der Waals surface area contributed by atoms with Gasteiger partial charge in [0.25, 0.3) is 11.8 Å². The molecule has 15 heteroatoms. The van der Waals surface area contributed by atoms with E-state index in [9.17, 15) is 43.3 Å². The van der Waals surface area contributed by atoms with Crippen LogP contribution in [0.2, 0.25) is 0 Å². The van der Waals surface area contributed by atoms with Crippen molar-refractivity contribution in [3.05, 3.63) is 167 Å². The minimum absolute atomic E-state index is 0.133. The van der Waals surface area contributed by atoms with Gasteiger partial charge in [0.2, 0.25) is 0 Å². The van der Waals surface area contributed by atoms with Crippen LogP contribution in [-0.2, 0) is 9.13 Å². The maximum Gasteiger partial charge on any atom is 0.336 e. The van der Waals surface area contributed by atoms with Crippen LogP contribution in [0.25, 0.3) is 0 Å². The summed E-state index contributed by atoms with van der Waals surface area (Å²) in [7, 11) is -6.32. The van der Waals surface area contributed by atoms with Crippen LogP contribution in [0.4, 0.5) is 22.7 Å². The van der Waals surface area contributed by atoms with Gasteiger partial charge in [0.1, 0.15) is 14.3 Å². The molecule has 0 heterocycles. The van der Waals surface area contributed by atoms with Crippen LogP contribution in [0.3, 0.4) is 0 Å². The first-order valence-corrected chi connectivity index (χ1v) is 21.8. The summed E-state index contributed by atoms with van der Waals surface area (Å²) in [5.41, 5.74) is 11.2. The van der Waals surface area contributed by atoms with E-state index in [0.717, 1.165) is 24.3 Å². The predicted octanol–water partition coefficient (Wildman–Crippen LogP) is 5.87. The highest BCUT2D eigenvalue weighted by molar-refractivity contribution is 7.78. The van der Waals surface area contributed by atoms with Gasteiger partial charge in [-0.1, -0.05) is 60.7 Å². The zero-order valence-electron chi connectivity index (χ0n) is 31.0. The van der Waals surface area contributed by atoms with E-state index in [-0.39, 0.29) is 33.6 Å². The third-order valence-corrected chi connectivity index (χ3v) is 14.5. The normalized spacial score (nSPS) is 13.0. The number of carbonyl (C=O) groups is 5. The van der Waals surface area contributed by atoms with E-state index < -0.39 is 54.9 Å². The summed E-state index contributed by atoms with van der Waals surface area (Å²) in [6, 6.07) is 32.5. The molecular weight excluding hydrogens is 778 g/mol. The first-order chi connectivity index (χ1) is 27.4. The lowest BCUT2D eigenvalue weighted by molar-refractivity contribution is 0.0683. The second-order valence-electron chi connectivity index (χ2n) is 13.5. The average molecular weight is 815 g/mol. The van der Waals surface area contributed by atoms with Gasteiger partial charge in [0, 0.05) is 55.1 Å². The second kappa shape index (κ2) is 16.2. The Balaban J connectivity index is 1.28. The van der Waals surface area contributed by atoms with Crippen LogP contribution in [0.15, 0.2) is 133 Å². The Morgan fingerprint density at radius 3 is 1.16 bits per heavy atom. The molecule has 292 valence electrons. The summed E-state index contributed by atoms with van der Waals surface area (Å²) in [5.74, 6) is -5.40. The van der Waals surface area contributed by atoms with E-state index in [0.29, 0.717) is 32.6 Å². The minimum Gasteiger partial charge on any atom is -0.478 e. The SMILES string of the molecule is CP(=O)(c1cccc(N)c1)c1cccc(NC(=O)c2cc(C(=O)c3ccc(C(=O)O)c(C(=O)Nc4cccc(P(C)(=O)c5cccc(N)c5)c4)c3)ccc2C(=O)O)c1. The van der Waals surface area contributed by atoms with E-state index >= 15 is 0 Å². The van der Waals surface area contributed by atoms with Crippen molar-refractivity contribution < 1.29 is 43.3 Å². The van der Waals surface area contributed by atoms with Gasteiger partial charge < -0.3 is 41.4 Å². The van der Waals surface area contributed by atoms with Crippen molar-refractivity contribution in [1.29, 1.82) is 0 Å². The average Bonchev–Trinajstić information content (AvgIpc) is 3.20. The molecule has 2 amide bonds. The Hall–Kier alpha value is -7.07. The Bertz CT molecular complexity index is 2600. The molecule has 0 aliphatic heterocycles. The van der Waals surface area contributed by atoms with Crippen molar-refractivity contribution in [2.75, 3.05) is 35.4 Å². The molecule has 2 unspecified atom stereocenters. The van der Waals surface area contributed by atoms with E-state index in [4.69, 9.17) is 11.5 Å². The highest BCUT2D eigenvalue weighted by Gasteiger charge is 2.26. The lowest BCUT2D eigenvalue weighted by atomic mass is 9.95. The van der Waals surface area contributed by atoms with Crippen molar-refractivity contribution in [3.8, 4) is 0 Å². The van der Waals surface area contributed by atoms with Gasteiger partial charge in [-0.05, 0) is 86.1 Å². The van der Waals surface area contributed by atoms with Gasteiger partial charge in [0.15, 0.2) is 5.78 Å². The van der Waals surface area contributed by atoms with E-state index in [1.54, 1.807) is 86.1 Å². The highest BCUT2D eigenvalue weighted by atomic mass is 31.2. The molecule has 2 atom stereocenters. The number of carboxylic acids is 2. The van der Waals surface area contributed by atoms with Crippen LogP contribution in [0.5, 0.6) is 0 Å². The van der Waals surface area contributed by atoms with Crippen molar-refractivity contribution in [2.24, 2.45) is 0 Å². The number of carbonyl (C=O) groups excluding carboxylic acids is 3. The molecule has 0 saturated carbocycles. The largest absolute Gasteiger partial charge is 0.478 e. The van der Waals surface area contributed by atoms with E-state index in [1.807, 2.05) is 0 Å². The predicted molar refractivity (Wildman–Crippen MR) is 226 cm³/mol. The van der Waals surface area contributed by atoms with Crippen LogP contribution < -0.4 is 43.3 Å². The molecule has 0 fully saturated rings. The molecule has 0 spiro atoms. The first kappa shape index (κ1) is 40.6. The van der Waals surface area contributed by atoms with Gasteiger partial charge in [-0.2, -0.15) is 0 Å². The topological polar surface area (TPSA) is 236 Å². The summed E-state index contributed by atoms with van der Waals surface area (Å²) >= 11 is 0. The zero-order valence-corrected chi connectivity index (χ0v) is 32.8. The monoisotopic (exact) mass is 814 g/mol. The summed E-state index contributed by atoms with van der Waals surface area (Å²) in [5, 5.41) is 26.9. The first-order valence-electron chi connectivity index (χ1n) is 17.5. The number of anilines is 4. The third-order valence-electron chi connectivity index (χ3n) is 9.43. The van der Waals surface area contributed by atoms with Crippen LogP contribution in [0.1, 0.15) is 57.4 Å². The molecule has 0 radical (unpaired) electrons. The fourth-order valence-electron chi connectivity index (χ4n) is 6.26.